The third-order valence-electron chi connectivity index (χ3n) is 3.01. The second kappa shape index (κ2) is 8.57. The molecule has 2 rings (SSSR count). The molecule has 0 bridgehead atoms. The van der Waals surface area contributed by atoms with Gasteiger partial charge in [0.15, 0.2) is 24.7 Å². The van der Waals surface area contributed by atoms with Gasteiger partial charge in [-0.25, -0.2) is 4.79 Å². The first-order valence-corrected chi connectivity index (χ1v) is 7.66. The van der Waals surface area contributed by atoms with Crippen LogP contribution >= 0.6 is 23.2 Å². The van der Waals surface area contributed by atoms with E-state index in [1.54, 1.807) is 30.3 Å². The average molecular weight is 369 g/mol. The Bertz CT molecular complexity index is 746. The minimum absolute atomic E-state index is 0.197. The van der Waals surface area contributed by atoms with Crippen LogP contribution in [0.15, 0.2) is 42.5 Å². The van der Waals surface area contributed by atoms with Crippen molar-refractivity contribution in [1.29, 1.82) is 0 Å². The zero-order valence-electron chi connectivity index (χ0n) is 12.8. The van der Waals surface area contributed by atoms with Crippen molar-refractivity contribution in [2.75, 3.05) is 20.3 Å². The predicted octanol–water partition coefficient (Wildman–Crippen LogP) is 3.81. The van der Waals surface area contributed by atoms with E-state index < -0.39 is 18.4 Å². The molecule has 0 heterocycles. The second-order valence-electron chi connectivity index (χ2n) is 4.65. The molecule has 24 heavy (non-hydrogen) atoms. The number of Topliss-reactive ketones (excluding diaryl/α,β-unsaturated/α-hetero) is 1. The smallest absolute Gasteiger partial charge is 0.344 e. The third-order valence-corrected chi connectivity index (χ3v) is 3.57. The summed E-state index contributed by atoms with van der Waals surface area (Å²) in [6.07, 6.45) is 0. The molecule has 0 aliphatic carbocycles. The molecule has 0 saturated carbocycles. The van der Waals surface area contributed by atoms with Crippen LogP contribution in [0.4, 0.5) is 0 Å². The number of esters is 1. The molecule has 7 heteroatoms. The van der Waals surface area contributed by atoms with E-state index in [0.29, 0.717) is 16.5 Å². The van der Waals surface area contributed by atoms with Crippen LogP contribution in [0.25, 0.3) is 0 Å². The van der Waals surface area contributed by atoms with Gasteiger partial charge in [0.1, 0.15) is 0 Å². The van der Waals surface area contributed by atoms with Gasteiger partial charge in [-0.2, -0.15) is 0 Å². The normalized spacial score (nSPS) is 10.1. The molecule has 2 aromatic carbocycles. The van der Waals surface area contributed by atoms with E-state index in [-0.39, 0.29) is 17.2 Å². The predicted molar refractivity (Wildman–Crippen MR) is 90.2 cm³/mol. The fourth-order valence-corrected chi connectivity index (χ4v) is 2.25. The van der Waals surface area contributed by atoms with E-state index >= 15 is 0 Å². The van der Waals surface area contributed by atoms with Gasteiger partial charge in [0.05, 0.1) is 12.1 Å². The van der Waals surface area contributed by atoms with Crippen molar-refractivity contribution in [3.63, 3.8) is 0 Å². The van der Waals surface area contributed by atoms with Crippen molar-refractivity contribution >= 4 is 35.0 Å². The summed E-state index contributed by atoms with van der Waals surface area (Å²) in [5, 5.41) is 0.610. The lowest BCUT2D eigenvalue weighted by molar-refractivity contribution is -0.144. The molecule has 0 aliphatic rings. The van der Waals surface area contributed by atoms with E-state index in [9.17, 15) is 9.59 Å². The Morgan fingerprint density at radius 2 is 1.71 bits per heavy atom. The summed E-state index contributed by atoms with van der Waals surface area (Å²) in [5.74, 6) is -0.242. The van der Waals surface area contributed by atoms with Gasteiger partial charge in [0, 0.05) is 10.6 Å². The average Bonchev–Trinajstić information content (AvgIpc) is 2.60. The number of para-hydroxylation sites is 2. The molecule has 0 spiro atoms. The number of rotatable bonds is 7. The maximum Gasteiger partial charge on any atom is 0.344 e. The fourth-order valence-electron chi connectivity index (χ4n) is 1.85. The molecular formula is C17H14Cl2O5. The van der Waals surface area contributed by atoms with Crippen LogP contribution in [-0.4, -0.2) is 32.1 Å². The van der Waals surface area contributed by atoms with Crippen molar-refractivity contribution in [2.24, 2.45) is 0 Å². The first kappa shape index (κ1) is 18.1. The molecule has 0 saturated heterocycles. The Morgan fingerprint density at radius 3 is 2.42 bits per heavy atom. The molecule has 0 aliphatic heterocycles. The van der Waals surface area contributed by atoms with Gasteiger partial charge in [-0.15, -0.1) is 0 Å². The van der Waals surface area contributed by atoms with Gasteiger partial charge in [0.25, 0.3) is 0 Å². The Morgan fingerprint density at radius 1 is 1.00 bits per heavy atom. The summed E-state index contributed by atoms with van der Waals surface area (Å²) in [6, 6.07) is 11.4. The lowest BCUT2D eigenvalue weighted by Crippen LogP contribution is -2.19. The SMILES string of the molecule is COc1ccccc1OCC(=O)OCC(=O)c1cc(Cl)ccc1Cl. The highest BCUT2D eigenvalue weighted by Crippen LogP contribution is 2.25. The van der Waals surface area contributed by atoms with Crippen LogP contribution in [-0.2, 0) is 9.53 Å². The standard InChI is InChI=1S/C17H14Cl2O5/c1-22-15-4-2-3-5-16(15)23-10-17(21)24-9-14(20)12-8-11(18)6-7-13(12)19/h2-8H,9-10H2,1H3. The van der Waals surface area contributed by atoms with Gasteiger partial charge >= 0.3 is 5.97 Å². The van der Waals surface area contributed by atoms with E-state index in [0.717, 1.165) is 0 Å². The topological polar surface area (TPSA) is 61.8 Å². The monoisotopic (exact) mass is 368 g/mol. The Labute approximate surface area is 149 Å². The highest BCUT2D eigenvalue weighted by Gasteiger charge is 2.14. The van der Waals surface area contributed by atoms with Gasteiger partial charge in [0.2, 0.25) is 5.78 Å². The summed E-state index contributed by atoms with van der Waals surface area (Å²) in [7, 11) is 1.49. The molecule has 0 atom stereocenters. The van der Waals surface area contributed by atoms with Gasteiger partial charge in [-0.1, -0.05) is 35.3 Å². The number of ether oxygens (including phenoxy) is 3. The molecule has 0 N–H and O–H groups in total. The van der Waals surface area contributed by atoms with Gasteiger partial charge in [-0.3, -0.25) is 4.79 Å². The third kappa shape index (κ3) is 4.88. The number of benzene rings is 2. The number of hydrogen-bond donors (Lipinski definition) is 0. The zero-order chi connectivity index (χ0) is 17.5. The van der Waals surface area contributed by atoms with Crippen LogP contribution in [0.5, 0.6) is 11.5 Å². The minimum atomic E-state index is -0.688. The first-order chi connectivity index (χ1) is 11.5. The molecule has 0 aromatic heterocycles. The van der Waals surface area contributed by atoms with Crippen molar-refractivity contribution in [1.82, 2.24) is 0 Å². The van der Waals surface area contributed by atoms with Crippen molar-refractivity contribution in [3.05, 3.63) is 58.1 Å². The molecule has 0 amide bonds. The van der Waals surface area contributed by atoms with E-state index in [1.165, 1.54) is 19.2 Å². The molecule has 0 unspecified atom stereocenters. The summed E-state index contributed by atoms with van der Waals surface area (Å²) in [6.45, 7) is -0.800. The molecule has 5 nitrogen and oxygen atoms in total. The second-order valence-corrected chi connectivity index (χ2v) is 5.49. The van der Waals surface area contributed by atoms with Crippen molar-refractivity contribution in [2.45, 2.75) is 0 Å². The van der Waals surface area contributed by atoms with E-state index in [1.807, 2.05) is 0 Å². The number of carbonyl (C=O) groups excluding carboxylic acids is 2. The lowest BCUT2D eigenvalue weighted by atomic mass is 10.1. The summed E-state index contributed by atoms with van der Waals surface area (Å²) >= 11 is 11.7. The minimum Gasteiger partial charge on any atom is -0.493 e. The van der Waals surface area contributed by atoms with Crippen LogP contribution in [0, 0.1) is 0 Å². The highest BCUT2D eigenvalue weighted by atomic mass is 35.5. The quantitative estimate of drug-likeness (QED) is 0.549. The van der Waals surface area contributed by atoms with Crippen LogP contribution < -0.4 is 9.47 Å². The van der Waals surface area contributed by atoms with Crippen LogP contribution in [0.1, 0.15) is 10.4 Å². The molecule has 0 radical (unpaired) electrons. The number of ketones is 1. The Kier molecular flexibility index (Phi) is 6.46. The molecule has 2 aromatic rings. The van der Waals surface area contributed by atoms with E-state index in [2.05, 4.69) is 0 Å². The lowest BCUT2D eigenvalue weighted by Gasteiger charge is -2.10. The largest absolute Gasteiger partial charge is 0.493 e. The summed E-state index contributed by atoms with van der Waals surface area (Å²) in [4.78, 5) is 23.7. The number of hydrogen-bond acceptors (Lipinski definition) is 5. The van der Waals surface area contributed by atoms with E-state index in [4.69, 9.17) is 37.4 Å². The van der Waals surface area contributed by atoms with Gasteiger partial charge < -0.3 is 14.2 Å². The first-order valence-electron chi connectivity index (χ1n) is 6.91. The van der Waals surface area contributed by atoms with Crippen LogP contribution in [0.2, 0.25) is 10.0 Å². The Hall–Kier alpha value is -2.24. The molecule has 0 fully saturated rings. The van der Waals surface area contributed by atoms with Crippen molar-refractivity contribution < 1.29 is 23.8 Å². The maximum absolute atomic E-state index is 12.0. The molecular weight excluding hydrogens is 355 g/mol. The number of carbonyl (C=O) groups is 2. The summed E-state index contributed by atoms with van der Waals surface area (Å²) < 4.78 is 15.3. The zero-order valence-corrected chi connectivity index (χ0v) is 14.3. The summed E-state index contributed by atoms with van der Waals surface area (Å²) in [5.41, 5.74) is 0.197. The number of halogens is 2. The van der Waals surface area contributed by atoms with Crippen LogP contribution in [0.3, 0.4) is 0 Å². The fraction of sp³-hybridized carbons (Fsp3) is 0.176. The molecule has 126 valence electrons. The van der Waals surface area contributed by atoms with Crippen molar-refractivity contribution in [3.8, 4) is 11.5 Å². The highest BCUT2D eigenvalue weighted by molar-refractivity contribution is 6.36. The number of methoxy groups -OCH3 is 1. The van der Waals surface area contributed by atoms with Gasteiger partial charge in [-0.05, 0) is 30.3 Å². The maximum atomic E-state index is 12.0. The Balaban J connectivity index is 1.87.